The minimum Gasteiger partial charge on any atom is -0.389 e. The van der Waals surface area contributed by atoms with Crippen LogP contribution in [0.5, 0.6) is 0 Å². The second kappa shape index (κ2) is 5.77. The molecule has 0 aromatic heterocycles. The lowest BCUT2D eigenvalue weighted by Gasteiger charge is -2.22. The third kappa shape index (κ3) is 3.39. The van der Waals surface area contributed by atoms with Gasteiger partial charge in [-0.25, -0.2) is 0 Å². The Hall–Kier alpha value is -0.200. The Morgan fingerprint density at radius 2 is 1.47 bits per heavy atom. The van der Waals surface area contributed by atoms with Crippen LogP contribution in [0.25, 0.3) is 0 Å². The van der Waals surface area contributed by atoms with Crippen molar-refractivity contribution in [3.05, 3.63) is 0 Å². The molecule has 0 aliphatic carbocycles. The molecule has 0 aromatic carbocycles. The fourth-order valence-corrected chi connectivity index (χ4v) is 1.84. The van der Waals surface area contributed by atoms with Gasteiger partial charge in [0.2, 0.25) is 0 Å². The summed E-state index contributed by atoms with van der Waals surface area (Å²) in [6, 6.07) is 0. The first-order valence-electron chi connectivity index (χ1n) is 5.51. The summed E-state index contributed by atoms with van der Waals surface area (Å²) in [5, 5.41) is 38.0. The van der Waals surface area contributed by atoms with E-state index in [-0.39, 0.29) is 0 Å². The predicted molar refractivity (Wildman–Crippen MR) is 55.4 cm³/mol. The quantitative estimate of drug-likeness (QED) is 0.466. The van der Waals surface area contributed by atoms with Crippen molar-refractivity contribution in [2.24, 2.45) is 0 Å². The zero-order valence-corrected chi connectivity index (χ0v) is 9.08. The smallest absolute Gasteiger partial charge is 0.110 e. The Kier molecular flexibility index (Phi) is 4.95. The molecule has 1 heterocycles. The highest BCUT2D eigenvalue weighted by molar-refractivity contribution is 4.88. The normalized spacial score (nSPS) is 39.0. The van der Waals surface area contributed by atoms with Gasteiger partial charge in [-0.1, -0.05) is 13.3 Å². The van der Waals surface area contributed by atoms with E-state index < -0.39 is 24.4 Å². The topological polar surface area (TPSA) is 84.2 Å². The monoisotopic (exact) mass is 219 g/mol. The van der Waals surface area contributed by atoms with Gasteiger partial charge in [0.15, 0.2) is 0 Å². The van der Waals surface area contributed by atoms with E-state index in [1.165, 1.54) is 0 Å². The standard InChI is InChI=1S/C10H21NO4/c1-2-3-4-11-5-7(12)9(14)10(15)8(13)6-11/h7-10,12-15H,2-6H2,1H3/t7-,8-,9-,10-/m1/s1. The number of aliphatic hydroxyl groups is 4. The van der Waals surface area contributed by atoms with E-state index in [0.29, 0.717) is 13.1 Å². The predicted octanol–water partition coefficient (Wildman–Crippen LogP) is -1.45. The van der Waals surface area contributed by atoms with Crippen LogP contribution < -0.4 is 0 Å². The fourth-order valence-electron chi connectivity index (χ4n) is 1.84. The highest BCUT2D eigenvalue weighted by atomic mass is 16.4. The van der Waals surface area contributed by atoms with Crippen molar-refractivity contribution in [2.75, 3.05) is 19.6 Å². The number of hydrogen-bond donors (Lipinski definition) is 4. The van der Waals surface area contributed by atoms with Gasteiger partial charge < -0.3 is 20.4 Å². The lowest BCUT2D eigenvalue weighted by Crippen LogP contribution is -2.43. The van der Waals surface area contributed by atoms with Crippen LogP contribution in [0.15, 0.2) is 0 Å². The number of hydrogen-bond acceptors (Lipinski definition) is 5. The van der Waals surface area contributed by atoms with Crippen molar-refractivity contribution in [1.29, 1.82) is 0 Å². The molecule has 1 aliphatic rings. The highest BCUT2D eigenvalue weighted by Crippen LogP contribution is 2.13. The third-order valence-corrected chi connectivity index (χ3v) is 2.86. The molecule has 0 bridgehead atoms. The Bertz CT molecular complexity index is 174. The van der Waals surface area contributed by atoms with Crippen LogP contribution in [0.2, 0.25) is 0 Å². The summed E-state index contributed by atoms with van der Waals surface area (Å²) in [6.07, 6.45) is -2.49. The first-order valence-corrected chi connectivity index (χ1v) is 5.51. The SMILES string of the molecule is CCCCN1C[C@@H](O)[C@@H](O)[C@H](O)[C@H](O)C1. The van der Waals surface area contributed by atoms with Gasteiger partial charge in [0.05, 0.1) is 12.2 Å². The molecule has 0 aromatic rings. The van der Waals surface area contributed by atoms with E-state index in [1.54, 1.807) is 0 Å². The highest BCUT2D eigenvalue weighted by Gasteiger charge is 2.35. The molecule has 5 nitrogen and oxygen atoms in total. The molecule has 1 saturated heterocycles. The van der Waals surface area contributed by atoms with Crippen LogP contribution in [-0.2, 0) is 0 Å². The molecule has 1 rings (SSSR count). The number of likely N-dealkylation sites (tertiary alicyclic amines) is 1. The Morgan fingerprint density at radius 3 is 1.87 bits per heavy atom. The largest absolute Gasteiger partial charge is 0.389 e. The maximum absolute atomic E-state index is 9.55. The molecule has 4 atom stereocenters. The average molecular weight is 219 g/mol. The number of β-amino-alcohol motifs (C(OH)–C–C–N with tert-alkyl or cyclic N) is 2. The molecule has 0 spiro atoms. The Labute approximate surface area is 90.0 Å². The van der Waals surface area contributed by atoms with Crippen LogP contribution in [0.3, 0.4) is 0 Å². The third-order valence-electron chi connectivity index (χ3n) is 2.86. The number of unbranched alkanes of at least 4 members (excludes halogenated alkanes) is 1. The summed E-state index contributed by atoms with van der Waals surface area (Å²) in [4.78, 5) is 1.87. The number of rotatable bonds is 3. The Balaban J connectivity index is 2.55. The first kappa shape index (κ1) is 12.9. The summed E-state index contributed by atoms with van der Waals surface area (Å²) in [6.45, 7) is 3.43. The summed E-state index contributed by atoms with van der Waals surface area (Å²) < 4.78 is 0. The zero-order chi connectivity index (χ0) is 11.4. The molecule has 1 aliphatic heterocycles. The maximum atomic E-state index is 9.55. The lowest BCUT2D eigenvalue weighted by molar-refractivity contribution is -0.0894. The van der Waals surface area contributed by atoms with Crippen molar-refractivity contribution in [1.82, 2.24) is 4.90 Å². The molecule has 4 N–H and O–H groups in total. The maximum Gasteiger partial charge on any atom is 0.110 e. The van der Waals surface area contributed by atoms with Gasteiger partial charge in [-0.3, -0.25) is 4.90 Å². The van der Waals surface area contributed by atoms with E-state index in [0.717, 1.165) is 19.4 Å². The molecule has 0 saturated carbocycles. The van der Waals surface area contributed by atoms with Gasteiger partial charge in [-0.2, -0.15) is 0 Å². The van der Waals surface area contributed by atoms with Crippen molar-refractivity contribution in [3.8, 4) is 0 Å². The molecular weight excluding hydrogens is 198 g/mol. The minimum absolute atomic E-state index is 0.301. The van der Waals surface area contributed by atoms with Crippen molar-refractivity contribution in [3.63, 3.8) is 0 Å². The van der Waals surface area contributed by atoms with Crippen molar-refractivity contribution in [2.45, 2.75) is 44.2 Å². The van der Waals surface area contributed by atoms with Crippen molar-refractivity contribution < 1.29 is 20.4 Å². The number of aliphatic hydroxyl groups excluding tert-OH is 4. The van der Waals surface area contributed by atoms with Gasteiger partial charge in [-0.15, -0.1) is 0 Å². The lowest BCUT2D eigenvalue weighted by atomic mass is 10.1. The summed E-state index contributed by atoms with van der Waals surface area (Å²) in [5.74, 6) is 0. The van der Waals surface area contributed by atoms with E-state index in [4.69, 9.17) is 0 Å². The molecule has 1 fully saturated rings. The molecule has 0 unspecified atom stereocenters. The first-order chi connectivity index (χ1) is 7.06. The molecular formula is C10H21NO4. The van der Waals surface area contributed by atoms with Gasteiger partial charge in [0.25, 0.3) is 0 Å². The second-order valence-corrected chi connectivity index (χ2v) is 4.23. The summed E-state index contributed by atoms with van der Waals surface area (Å²) >= 11 is 0. The van der Waals surface area contributed by atoms with E-state index >= 15 is 0 Å². The molecule has 90 valence electrons. The minimum atomic E-state index is -1.26. The summed E-state index contributed by atoms with van der Waals surface area (Å²) in [5.41, 5.74) is 0. The van der Waals surface area contributed by atoms with Crippen LogP contribution in [0.1, 0.15) is 19.8 Å². The van der Waals surface area contributed by atoms with Gasteiger partial charge in [-0.05, 0) is 13.0 Å². The second-order valence-electron chi connectivity index (χ2n) is 4.23. The molecule has 15 heavy (non-hydrogen) atoms. The van der Waals surface area contributed by atoms with Crippen molar-refractivity contribution >= 4 is 0 Å². The number of nitrogens with zero attached hydrogens (tertiary/aromatic N) is 1. The molecule has 0 amide bonds. The van der Waals surface area contributed by atoms with Crippen LogP contribution in [-0.4, -0.2) is 69.4 Å². The van der Waals surface area contributed by atoms with Gasteiger partial charge in [0, 0.05) is 13.1 Å². The van der Waals surface area contributed by atoms with Crippen LogP contribution in [0, 0.1) is 0 Å². The fraction of sp³-hybridized carbons (Fsp3) is 1.00. The zero-order valence-electron chi connectivity index (χ0n) is 9.08. The van der Waals surface area contributed by atoms with Crippen LogP contribution >= 0.6 is 0 Å². The Morgan fingerprint density at radius 1 is 1.00 bits per heavy atom. The van der Waals surface area contributed by atoms with E-state index in [1.807, 2.05) is 4.90 Å². The van der Waals surface area contributed by atoms with Gasteiger partial charge >= 0.3 is 0 Å². The molecule has 5 heteroatoms. The van der Waals surface area contributed by atoms with Crippen LogP contribution in [0.4, 0.5) is 0 Å². The average Bonchev–Trinajstić information content (AvgIpc) is 2.30. The molecule has 0 radical (unpaired) electrons. The van der Waals surface area contributed by atoms with E-state index in [9.17, 15) is 20.4 Å². The van der Waals surface area contributed by atoms with E-state index in [2.05, 4.69) is 6.92 Å². The summed E-state index contributed by atoms with van der Waals surface area (Å²) in [7, 11) is 0. The van der Waals surface area contributed by atoms with Gasteiger partial charge in [0.1, 0.15) is 12.2 Å².